The van der Waals surface area contributed by atoms with Gasteiger partial charge in [-0.3, -0.25) is 14.3 Å². The van der Waals surface area contributed by atoms with Crippen molar-refractivity contribution in [3.8, 4) is 0 Å². The second kappa shape index (κ2) is 5.92. The van der Waals surface area contributed by atoms with E-state index in [1.165, 1.54) is 6.07 Å². The molecule has 3 unspecified atom stereocenters. The van der Waals surface area contributed by atoms with Crippen LogP contribution in [0.4, 0.5) is 10.1 Å². The molecule has 2 saturated carbocycles. The quantitative estimate of drug-likeness (QED) is 0.845. The lowest BCUT2D eigenvalue weighted by Gasteiger charge is -2.29. The number of hydrogen-bond donors (Lipinski definition) is 2. The number of fused-ring (bicyclic) bond motifs is 2. The number of aromatic nitrogens is 2. The summed E-state index contributed by atoms with van der Waals surface area (Å²) in [5.74, 6) is 0.491. The number of hydrogen-bond acceptors (Lipinski definition) is 4. The van der Waals surface area contributed by atoms with Crippen LogP contribution in [0.15, 0.2) is 15.7 Å². The average molecular weight is 372 g/mol. The van der Waals surface area contributed by atoms with E-state index >= 15 is 4.39 Å². The third-order valence-corrected chi connectivity index (χ3v) is 6.77. The van der Waals surface area contributed by atoms with E-state index in [-0.39, 0.29) is 17.5 Å². The maximum absolute atomic E-state index is 15.1. The standard InChI is InChI=1S/C20H25FN4O2/c1-10-17-13(19(26)23-20(27)25(17)12-5-6-12)7-15(21)18(10)24-8-11-3-2-4-16(22)14(11)9-24/h7,11-12,14,16H,2-6,8-9,22H2,1H3,(H,23,26,27). The highest BCUT2D eigenvalue weighted by atomic mass is 19.1. The van der Waals surface area contributed by atoms with Gasteiger partial charge in [-0.05, 0) is 50.5 Å². The largest absolute Gasteiger partial charge is 0.368 e. The van der Waals surface area contributed by atoms with Gasteiger partial charge in [0, 0.05) is 30.7 Å². The zero-order chi connectivity index (χ0) is 18.9. The molecule has 0 spiro atoms. The molecule has 0 amide bonds. The fraction of sp³-hybridized carbons (Fsp3) is 0.600. The van der Waals surface area contributed by atoms with Crippen LogP contribution in [0.1, 0.15) is 43.7 Å². The molecule has 0 radical (unpaired) electrons. The van der Waals surface area contributed by atoms with Crippen LogP contribution >= 0.6 is 0 Å². The molecule has 1 aromatic carbocycles. The second-order valence-corrected chi connectivity index (χ2v) is 8.51. The number of halogens is 1. The van der Waals surface area contributed by atoms with Crippen molar-refractivity contribution in [3.63, 3.8) is 0 Å². The molecule has 3 fully saturated rings. The van der Waals surface area contributed by atoms with Crippen molar-refractivity contribution in [1.82, 2.24) is 9.55 Å². The van der Waals surface area contributed by atoms with Gasteiger partial charge >= 0.3 is 5.69 Å². The summed E-state index contributed by atoms with van der Waals surface area (Å²) >= 11 is 0. The summed E-state index contributed by atoms with van der Waals surface area (Å²) in [5.41, 5.74) is 7.22. The minimum atomic E-state index is -0.516. The van der Waals surface area contributed by atoms with Crippen molar-refractivity contribution < 1.29 is 4.39 Å². The van der Waals surface area contributed by atoms with E-state index in [1.807, 2.05) is 6.92 Å². The van der Waals surface area contributed by atoms with Gasteiger partial charge in [0.25, 0.3) is 5.56 Å². The Labute approximate surface area is 156 Å². The number of nitrogens with zero attached hydrogens (tertiary/aromatic N) is 2. The van der Waals surface area contributed by atoms with E-state index in [1.54, 1.807) is 4.57 Å². The molecular weight excluding hydrogens is 347 g/mol. The van der Waals surface area contributed by atoms with E-state index < -0.39 is 17.1 Å². The molecular formula is C20H25FN4O2. The number of aromatic amines is 1. The van der Waals surface area contributed by atoms with Crippen LogP contribution in [-0.2, 0) is 0 Å². The topological polar surface area (TPSA) is 84.1 Å². The van der Waals surface area contributed by atoms with Crippen molar-refractivity contribution in [2.45, 2.75) is 51.1 Å². The maximum Gasteiger partial charge on any atom is 0.329 e. The number of H-pyrrole nitrogens is 1. The molecule has 0 bridgehead atoms. The Hall–Kier alpha value is -2.15. The van der Waals surface area contributed by atoms with E-state index in [2.05, 4.69) is 9.88 Å². The Morgan fingerprint density at radius 1 is 1.19 bits per heavy atom. The maximum atomic E-state index is 15.1. The molecule has 1 saturated heterocycles. The van der Waals surface area contributed by atoms with Gasteiger partial charge in [-0.15, -0.1) is 0 Å². The Bertz CT molecular complexity index is 1040. The van der Waals surface area contributed by atoms with Crippen LogP contribution in [-0.4, -0.2) is 28.7 Å². The molecule has 6 nitrogen and oxygen atoms in total. The Morgan fingerprint density at radius 3 is 2.67 bits per heavy atom. The number of anilines is 1. The minimum absolute atomic E-state index is 0.100. The third kappa shape index (κ3) is 2.55. The van der Waals surface area contributed by atoms with Gasteiger partial charge in [0.2, 0.25) is 0 Å². The van der Waals surface area contributed by atoms with E-state index in [0.29, 0.717) is 28.6 Å². The SMILES string of the molecule is Cc1c(N2CC3CCCC(N)C3C2)c(F)cc2c(=O)[nH]c(=O)n(C3CC3)c12. The van der Waals surface area contributed by atoms with Crippen LogP contribution in [0.5, 0.6) is 0 Å². The van der Waals surface area contributed by atoms with Crippen LogP contribution in [0.3, 0.4) is 0 Å². The monoisotopic (exact) mass is 372 g/mol. The highest BCUT2D eigenvalue weighted by molar-refractivity contribution is 5.87. The summed E-state index contributed by atoms with van der Waals surface area (Å²) in [6.07, 6.45) is 5.12. The predicted molar refractivity (Wildman–Crippen MR) is 103 cm³/mol. The fourth-order valence-electron chi connectivity index (χ4n) is 5.34. The molecule has 5 rings (SSSR count). The smallest absolute Gasteiger partial charge is 0.329 e. The molecule has 2 aromatic rings. The molecule has 27 heavy (non-hydrogen) atoms. The van der Waals surface area contributed by atoms with Gasteiger partial charge in [0.1, 0.15) is 5.82 Å². The number of rotatable bonds is 2. The van der Waals surface area contributed by atoms with Crippen LogP contribution in [0.2, 0.25) is 0 Å². The molecule has 2 aliphatic carbocycles. The molecule has 2 heterocycles. The summed E-state index contributed by atoms with van der Waals surface area (Å²) in [4.78, 5) is 29.2. The number of nitrogens with one attached hydrogen (secondary N) is 1. The number of aryl methyl sites for hydroxylation is 1. The summed E-state index contributed by atoms with van der Waals surface area (Å²) in [6.45, 7) is 3.37. The summed E-state index contributed by atoms with van der Waals surface area (Å²) < 4.78 is 16.8. The highest BCUT2D eigenvalue weighted by Crippen LogP contribution is 2.42. The first-order chi connectivity index (χ1) is 13.0. The van der Waals surface area contributed by atoms with Gasteiger partial charge in [-0.2, -0.15) is 0 Å². The van der Waals surface area contributed by atoms with Crippen molar-refractivity contribution in [3.05, 3.63) is 38.3 Å². The van der Waals surface area contributed by atoms with Gasteiger partial charge in [-0.25, -0.2) is 9.18 Å². The molecule has 1 aromatic heterocycles. The summed E-state index contributed by atoms with van der Waals surface area (Å²) in [7, 11) is 0. The molecule has 3 atom stereocenters. The minimum Gasteiger partial charge on any atom is -0.368 e. The molecule has 3 N–H and O–H groups in total. The third-order valence-electron chi connectivity index (χ3n) is 6.77. The normalized spacial score (nSPS) is 28.0. The molecule has 7 heteroatoms. The van der Waals surface area contributed by atoms with E-state index in [9.17, 15) is 9.59 Å². The van der Waals surface area contributed by atoms with Crippen molar-refractivity contribution in [2.24, 2.45) is 17.6 Å². The summed E-state index contributed by atoms with van der Waals surface area (Å²) in [5, 5.41) is 0.258. The lowest BCUT2D eigenvalue weighted by Crippen LogP contribution is -2.38. The first-order valence-electron chi connectivity index (χ1n) is 9.94. The lowest BCUT2D eigenvalue weighted by atomic mass is 9.78. The zero-order valence-corrected chi connectivity index (χ0v) is 15.5. The van der Waals surface area contributed by atoms with Gasteiger partial charge in [-0.1, -0.05) is 6.42 Å². The Kier molecular flexibility index (Phi) is 3.73. The summed E-state index contributed by atoms with van der Waals surface area (Å²) in [6, 6.07) is 1.57. The molecule has 144 valence electrons. The van der Waals surface area contributed by atoms with Gasteiger partial charge < -0.3 is 10.6 Å². The van der Waals surface area contributed by atoms with Crippen molar-refractivity contribution >= 4 is 16.6 Å². The first kappa shape index (κ1) is 17.0. The van der Waals surface area contributed by atoms with Gasteiger partial charge in [0.15, 0.2) is 0 Å². The van der Waals surface area contributed by atoms with Crippen LogP contribution < -0.4 is 21.9 Å². The lowest BCUT2D eigenvalue weighted by molar-refractivity contribution is 0.260. The van der Waals surface area contributed by atoms with Crippen molar-refractivity contribution in [1.29, 1.82) is 0 Å². The fourth-order valence-corrected chi connectivity index (χ4v) is 5.34. The second-order valence-electron chi connectivity index (χ2n) is 8.51. The van der Waals surface area contributed by atoms with Crippen LogP contribution in [0.25, 0.3) is 10.9 Å². The zero-order valence-electron chi connectivity index (χ0n) is 15.5. The van der Waals surface area contributed by atoms with E-state index in [4.69, 9.17) is 5.73 Å². The average Bonchev–Trinajstić information content (AvgIpc) is 3.35. The number of benzene rings is 1. The predicted octanol–water partition coefficient (Wildman–Crippen LogP) is 2.04. The Morgan fingerprint density at radius 2 is 1.96 bits per heavy atom. The molecule has 1 aliphatic heterocycles. The molecule has 3 aliphatic rings. The highest BCUT2D eigenvalue weighted by Gasteiger charge is 2.40. The van der Waals surface area contributed by atoms with E-state index in [0.717, 1.165) is 45.2 Å². The Balaban J connectivity index is 1.69. The van der Waals surface area contributed by atoms with Crippen molar-refractivity contribution in [2.75, 3.05) is 18.0 Å². The van der Waals surface area contributed by atoms with Gasteiger partial charge in [0.05, 0.1) is 16.6 Å². The van der Waals surface area contributed by atoms with Crippen LogP contribution in [0, 0.1) is 24.6 Å². The number of nitrogens with two attached hydrogens (primary N) is 1. The first-order valence-corrected chi connectivity index (χ1v) is 9.94.